The summed E-state index contributed by atoms with van der Waals surface area (Å²) in [4.78, 5) is 55.4. The molecule has 0 saturated heterocycles. The van der Waals surface area contributed by atoms with Crippen molar-refractivity contribution in [1.82, 2.24) is 4.90 Å². The summed E-state index contributed by atoms with van der Waals surface area (Å²) < 4.78 is 10.4. The number of methoxy groups -OCH3 is 2. The number of hydrogen-bond donors (Lipinski definition) is 1. The Kier molecular flexibility index (Phi) is 8.29. The van der Waals surface area contributed by atoms with Crippen LogP contribution in [0.2, 0.25) is 0 Å². The van der Waals surface area contributed by atoms with Gasteiger partial charge >= 0.3 is 0 Å². The van der Waals surface area contributed by atoms with Gasteiger partial charge in [0.2, 0.25) is 11.8 Å². The van der Waals surface area contributed by atoms with E-state index in [9.17, 15) is 19.2 Å². The molecule has 4 rings (SSSR count). The van der Waals surface area contributed by atoms with Crippen LogP contribution in [0.5, 0.6) is 11.5 Å². The van der Waals surface area contributed by atoms with Gasteiger partial charge in [0.25, 0.3) is 11.7 Å². The van der Waals surface area contributed by atoms with Gasteiger partial charge < -0.3 is 19.7 Å². The van der Waals surface area contributed by atoms with Crippen LogP contribution in [0.15, 0.2) is 72.8 Å². The molecule has 0 saturated carbocycles. The molecule has 3 amide bonds. The molecule has 9 nitrogen and oxygen atoms in total. The van der Waals surface area contributed by atoms with E-state index in [0.717, 1.165) is 5.56 Å². The molecule has 0 unspecified atom stereocenters. The summed E-state index contributed by atoms with van der Waals surface area (Å²) >= 11 is 0. The summed E-state index contributed by atoms with van der Waals surface area (Å²) in [5.74, 6) is -1.22. The number of nitrogens with zero attached hydrogens (tertiary/aromatic N) is 2. The predicted molar refractivity (Wildman–Crippen MR) is 147 cm³/mol. The summed E-state index contributed by atoms with van der Waals surface area (Å²) in [5, 5.41) is 2.90. The van der Waals surface area contributed by atoms with Gasteiger partial charge in [-0.25, -0.2) is 0 Å². The zero-order valence-corrected chi connectivity index (χ0v) is 22.3. The molecule has 9 heteroatoms. The predicted octanol–water partition coefficient (Wildman–Crippen LogP) is 3.93. The second-order valence-corrected chi connectivity index (χ2v) is 9.51. The lowest BCUT2D eigenvalue weighted by Crippen LogP contribution is -2.53. The first-order valence-corrected chi connectivity index (χ1v) is 12.6. The smallest absolute Gasteiger partial charge is 0.299 e. The molecule has 1 atom stereocenters. The maximum atomic E-state index is 13.9. The molecular formula is C30H31N3O6. The van der Waals surface area contributed by atoms with Crippen LogP contribution in [0.25, 0.3) is 0 Å². The summed E-state index contributed by atoms with van der Waals surface area (Å²) in [5.41, 5.74) is 1.97. The zero-order chi connectivity index (χ0) is 28.1. The van der Waals surface area contributed by atoms with Crippen LogP contribution in [0.4, 0.5) is 11.4 Å². The van der Waals surface area contributed by atoms with Gasteiger partial charge in [0, 0.05) is 12.2 Å². The van der Waals surface area contributed by atoms with Crippen LogP contribution in [-0.4, -0.2) is 55.2 Å². The van der Waals surface area contributed by atoms with Crippen molar-refractivity contribution in [2.75, 3.05) is 31.0 Å². The maximum Gasteiger partial charge on any atom is 0.299 e. The quantitative estimate of drug-likeness (QED) is 0.399. The molecule has 0 fully saturated rings. The number of nitrogens with one attached hydrogen (secondary N) is 1. The van der Waals surface area contributed by atoms with Crippen LogP contribution in [0.3, 0.4) is 0 Å². The Balaban J connectivity index is 1.65. The van der Waals surface area contributed by atoms with Crippen molar-refractivity contribution in [3.05, 3.63) is 83.9 Å². The minimum atomic E-state index is -0.870. The van der Waals surface area contributed by atoms with Gasteiger partial charge in [-0.2, -0.15) is 0 Å². The highest BCUT2D eigenvalue weighted by molar-refractivity contribution is 6.52. The molecule has 1 aliphatic rings. The van der Waals surface area contributed by atoms with E-state index in [2.05, 4.69) is 5.32 Å². The number of ether oxygens (including phenoxy) is 2. The zero-order valence-electron chi connectivity index (χ0n) is 22.3. The van der Waals surface area contributed by atoms with Crippen LogP contribution >= 0.6 is 0 Å². The Morgan fingerprint density at radius 3 is 2.05 bits per heavy atom. The number of carbonyl (C=O) groups is 4. The molecule has 202 valence electrons. The highest BCUT2D eigenvalue weighted by Gasteiger charge is 2.39. The lowest BCUT2D eigenvalue weighted by Gasteiger charge is -2.34. The monoisotopic (exact) mass is 529 g/mol. The minimum absolute atomic E-state index is 0.110. The Morgan fingerprint density at radius 1 is 0.872 bits per heavy atom. The number of para-hydroxylation sites is 1. The molecule has 3 aromatic carbocycles. The van der Waals surface area contributed by atoms with Crippen molar-refractivity contribution in [1.29, 1.82) is 0 Å². The third-order valence-corrected chi connectivity index (χ3v) is 6.60. The van der Waals surface area contributed by atoms with Gasteiger partial charge in [-0.3, -0.25) is 24.1 Å². The van der Waals surface area contributed by atoms with E-state index in [-0.39, 0.29) is 30.5 Å². The summed E-state index contributed by atoms with van der Waals surface area (Å²) in [6, 6.07) is 19.8. The van der Waals surface area contributed by atoms with Gasteiger partial charge in [-0.05, 0) is 60.0 Å². The van der Waals surface area contributed by atoms with Crippen LogP contribution in [0, 0.1) is 5.92 Å². The van der Waals surface area contributed by atoms with Crippen molar-refractivity contribution < 1.29 is 28.7 Å². The number of anilines is 2. The van der Waals surface area contributed by atoms with Crippen LogP contribution < -0.4 is 19.7 Å². The summed E-state index contributed by atoms with van der Waals surface area (Å²) in [6.07, 6.45) is 0. The van der Waals surface area contributed by atoms with E-state index in [0.29, 0.717) is 22.9 Å². The first-order chi connectivity index (χ1) is 18.7. The highest BCUT2D eigenvalue weighted by Crippen LogP contribution is 2.29. The normalized spacial score (nSPS) is 13.2. The van der Waals surface area contributed by atoms with E-state index in [4.69, 9.17) is 9.47 Å². The van der Waals surface area contributed by atoms with E-state index in [1.165, 1.54) is 9.80 Å². The van der Waals surface area contributed by atoms with Crippen molar-refractivity contribution in [2.45, 2.75) is 26.4 Å². The topological polar surface area (TPSA) is 105 Å². The van der Waals surface area contributed by atoms with E-state index >= 15 is 0 Å². The number of hydrogen-bond acceptors (Lipinski definition) is 6. The fraction of sp³-hybridized carbons (Fsp3) is 0.267. The molecule has 3 aromatic rings. The molecule has 0 spiro atoms. The molecule has 0 bridgehead atoms. The molecule has 39 heavy (non-hydrogen) atoms. The minimum Gasteiger partial charge on any atom is -0.497 e. The molecule has 1 N–H and O–H groups in total. The molecular weight excluding hydrogens is 498 g/mol. The number of carbonyl (C=O) groups excluding carboxylic acids is 4. The Bertz CT molecular complexity index is 1370. The van der Waals surface area contributed by atoms with Crippen LogP contribution in [-0.2, 0) is 20.9 Å². The molecule has 1 aliphatic heterocycles. The maximum absolute atomic E-state index is 13.9. The second kappa shape index (κ2) is 11.8. The van der Waals surface area contributed by atoms with Gasteiger partial charge in [-0.15, -0.1) is 0 Å². The number of rotatable bonds is 10. The largest absolute Gasteiger partial charge is 0.497 e. The van der Waals surface area contributed by atoms with Gasteiger partial charge in [0.15, 0.2) is 0 Å². The van der Waals surface area contributed by atoms with Gasteiger partial charge in [0.05, 0.1) is 25.5 Å². The number of amides is 3. The van der Waals surface area contributed by atoms with Crippen LogP contribution in [0.1, 0.15) is 29.8 Å². The van der Waals surface area contributed by atoms with Gasteiger partial charge in [0.1, 0.15) is 24.1 Å². The lowest BCUT2D eigenvalue weighted by atomic mass is 10.00. The number of benzene rings is 3. The lowest BCUT2D eigenvalue weighted by molar-refractivity contribution is -0.140. The average molecular weight is 530 g/mol. The molecule has 1 heterocycles. The fourth-order valence-corrected chi connectivity index (χ4v) is 4.60. The fourth-order valence-electron chi connectivity index (χ4n) is 4.60. The SMILES string of the molecule is COc1ccc(CN(C(=O)CN2C(=O)C(=O)c3ccccc32)[C@@H](C(=O)Nc2ccc(OC)cc2)C(C)C)cc1. The van der Waals surface area contributed by atoms with Crippen molar-refractivity contribution in [3.8, 4) is 11.5 Å². The van der Waals surface area contributed by atoms with Crippen molar-refractivity contribution in [3.63, 3.8) is 0 Å². The summed E-state index contributed by atoms with van der Waals surface area (Å²) in [6.45, 7) is 3.44. The van der Waals surface area contributed by atoms with E-state index in [1.807, 2.05) is 26.0 Å². The summed E-state index contributed by atoms with van der Waals surface area (Å²) in [7, 11) is 3.12. The number of fused-ring (bicyclic) bond motifs is 1. The third-order valence-electron chi connectivity index (χ3n) is 6.60. The molecule has 0 aromatic heterocycles. The molecule has 0 aliphatic carbocycles. The first kappa shape index (κ1) is 27.4. The first-order valence-electron chi connectivity index (χ1n) is 12.6. The van der Waals surface area contributed by atoms with Gasteiger partial charge in [-0.1, -0.05) is 38.1 Å². The Labute approximate surface area is 227 Å². The molecule has 0 radical (unpaired) electrons. The Morgan fingerprint density at radius 2 is 1.46 bits per heavy atom. The highest BCUT2D eigenvalue weighted by atomic mass is 16.5. The van der Waals surface area contributed by atoms with E-state index in [1.54, 1.807) is 74.9 Å². The van der Waals surface area contributed by atoms with E-state index < -0.39 is 23.6 Å². The third kappa shape index (κ3) is 5.93. The standard InChI is InChI=1S/C30H31N3O6/c1-19(2)27(29(36)31-21-11-15-23(39-4)16-12-21)33(17-20-9-13-22(38-3)14-10-20)26(34)18-32-25-8-6-5-7-24(25)28(35)30(32)37/h5-16,19,27H,17-18H2,1-4H3,(H,31,36)/t27-/m1/s1. The number of Topliss-reactive ketones (excluding diaryl/α,β-unsaturated/α-hetero) is 1. The van der Waals surface area contributed by atoms with Crippen molar-refractivity contribution >= 4 is 34.9 Å². The van der Waals surface area contributed by atoms with Crippen molar-refractivity contribution in [2.24, 2.45) is 5.92 Å². The number of ketones is 1. The average Bonchev–Trinajstić information content (AvgIpc) is 3.18. The Hall–Kier alpha value is -4.66. The second-order valence-electron chi connectivity index (χ2n) is 9.51.